The minimum atomic E-state index is -4.23. The molecule has 5 rings (SSSR count). The quantitative estimate of drug-likeness (QED) is 0.274. The van der Waals surface area contributed by atoms with Gasteiger partial charge in [0.2, 0.25) is 0 Å². The third-order valence-corrected chi connectivity index (χ3v) is 8.09. The van der Waals surface area contributed by atoms with E-state index in [-0.39, 0.29) is 10.3 Å². The van der Waals surface area contributed by atoms with E-state index >= 15 is 0 Å². The molecule has 190 valence electrons. The maximum Gasteiger partial charge on any atom is 0.393 e. The summed E-state index contributed by atoms with van der Waals surface area (Å²) >= 11 is 1.09. The standard InChI is InChI=1S/C26H29F3N6S/c1-25(9-7-19(14-25)33-18-5-3-17(4-6-18)22-8-11-32-34-22)10-12-35(2)23-21-13-20(15-26(27,28)29)36-24(21)31-16-30-23/h3-6,8,11,13,16,19,33H,7,9-10,12,14-15H2,1-2H3,(H,32,34)/t19-,25-/m1/s1. The highest BCUT2D eigenvalue weighted by Crippen LogP contribution is 2.42. The zero-order valence-corrected chi connectivity index (χ0v) is 21.1. The van der Waals surface area contributed by atoms with E-state index in [0.29, 0.717) is 22.1 Å². The Bertz CT molecular complexity index is 1300. The van der Waals surface area contributed by atoms with Crippen molar-refractivity contribution in [2.24, 2.45) is 5.41 Å². The second kappa shape index (κ2) is 9.72. The number of nitrogens with zero attached hydrogens (tertiary/aromatic N) is 4. The number of anilines is 2. The van der Waals surface area contributed by atoms with Crippen LogP contribution in [0, 0.1) is 5.41 Å². The average Bonchev–Trinajstić information content (AvgIpc) is 3.57. The van der Waals surface area contributed by atoms with Gasteiger partial charge in [0, 0.05) is 36.4 Å². The van der Waals surface area contributed by atoms with Crippen LogP contribution in [-0.2, 0) is 6.42 Å². The highest BCUT2D eigenvalue weighted by atomic mass is 32.1. The van der Waals surface area contributed by atoms with Crippen LogP contribution in [0.5, 0.6) is 0 Å². The van der Waals surface area contributed by atoms with Crippen molar-refractivity contribution in [1.82, 2.24) is 20.2 Å². The number of aromatic amines is 1. The number of hydrogen-bond donors (Lipinski definition) is 2. The minimum absolute atomic E-state index is 0.185. The molecule has 36 heavy (non-hydrogen) atoms. The molecule has 1 aromatic carbocycles. The molecule has 3 heterocycles. The first-order chi connectivity index (χ1) is 17.2. The van der Waals surface area contributed by atoms with E-state index in [1.54, 1.807) is 12.3 Å². The Morgan fingerprint density at radius 3 is 2.72 bits per heavy atom. The number of alkyl halides is 3. The first-order valence-electron chi connectivity index (χ1n) is 12.1. The lowest BCUT2D eigenvalue weighted by Gasteiger charge is -2.28. The molecule has 4 aromatic rings. The van der Waals surface area contributed by atoms with Crippen molar-refractivity contribution in [2.45, 2.75) is 51.2 Å². The fourth-order valence-electron chi connectivity index (χ4n) is 5.10. The molecule has 10 heteroatoms. The predicted octanol–water partition coefficient (Wildman–Crippen LogP) is 6.68. The maximum atomic E-state index is 12.9. The smallest absolute Gasteiger partial charge is 0.382 e. The summed E-state index contributed by atoms with van der Waals surface area (Å²) in [5.41, 5.74) is 3.40. The first-order valence-corrected chi connectivity index (χ1v) is 12.9. The molecule has 0 aliphatic heterocycles. The number of hydrogen-bond acceptors (Lipinski definition) is 6. The van der Waals surface area contributed by atoms with E-state index in [2.05, 4.69) is 56.7 Å². The average molecular weight is 515 g/mol. The van der Waals surface area contributed by atoms with Gasteiger partial charge in [0.25, 0.3) is 0 Å². The van der Waals surface area contributed by atoms with Crippen molar-refractivity contribution in [3.05, 3.63) is 53.8 Å². The van der Waals surface area contributed by atoms with Crippen LogP contribution < -0.4 is 10.2 Å². The molecule has 1 saturated carbocycles. The third kappa shape index (κ3) is 5.64. The number of rotatable bonds is 8. The lowest BCUT2D eigenvalue weighted by molar-refractivity contribution is -0.126. The number of aromatic nitrogens is 4. The van der Waals surface area contributed by atoms with Crippen molar-refractivity contribution in [3.63, 3.8) is 0 Å². The van der Waals surface area contributed by atoms with Crippen LogP contribution in [0.15, 0.2) is 48.9 Å². The van der Waals surface area contributed by atoms with E-state index in [0.717, 1.165) is 60.5 Å². The summed E-state index contributed by atoms with van der Waals surface area (Å²) in [5, 5.41) is 11.4. The fraction of sp³-hybridized carbons (Fsp3) is 0.423. The number of halogens is 3. The summed E-state index contributed by atoms with van der Waals surface area (Å²) in [5.74, 6) is 0.693. The van der Waals surface area contributed by atoms with Gasteiger partial charge in [0.05, 0.1) is 17.5 Å². The molecule has 1 fully saturated rings. The summed E-state index contributed by atoms with van der Waals surface area (Å²) in [7, 11) is 1.96. The number of thiophene rings is 1. The molecule has 0 unspecified atom stereocenters. The van der Waals surface area contributed by atoms with Crippen LogP contribution in [-0.4, -0.2) is 46.0 Å². The number of H-pyrrole nitrogens is 1. The molecular formula is C26H29F3N6S. The molecule has 0 radical (unpaired) electrons. The van der Waals surface area contributed by atoms with Crippen molar-refractivity contribution in [3.8, 4) is 11.3 Å². The van der Waals surface area contributed by atoms with Crippen LogP contribution in [0.2, 0.25) is 0 Å². The highest BCUT2D eigenvalue weighted by molar-refractivity contribution is 7.18. The van der Waals surface area contributed by atoms with Crippen LogP contribution in [0.25, 0.3) is 21.5 Å². The Morgan fingerprint density at radius 2 is 2.00 bits per heavy atom. The summed E-state index contributed by atoms with van der Waals surface area (Å²) in [4.78, 5) is 11.5. The second-order valence-corrected chi connectivity index (χ2v) is 11.1. The molecule has 2 atom stereocenters. The molecule has 0 saturated heterocycles. The van der Waals surface area contributed by atoms with Gasteiger partial charge >= 0.3 is 6.18 Å². The van der Waals surface area contributed by atoms with E-state index < -0.39 is 12.6 Å². The zero-order valence-electron chi connectivity index (χ0n) is 20.3. The van der Waals surface area contributed by atoms with Gasteiger partial charge in [0.15, 0.2) is 0 Å². The lowest BCUT2D eigenvalue weighted by atomic mass is 9.84. The van der Waals surface area contributed by atoms with Crippen molar-refractivity contribution in [1.29, 1.82) is 0 Å². The Hall–Kier alpha value is -3.14. The Labute approximate surface area is 212 Å². The van der Waals surface area contributed by atoms with Gasteiger partial charge in [-0.15, -0.1) is 11.3 Å². The molecule has 6 nitrogen and oxygen atoms in total. The molecule has 0 spiro atoms. The number of fused-ring (bicyclic) bond motifs is 1. The summed E-state index contributed by atoms with van der Waals surface area (Å²) in [6.07, 6.45) is 2.29. The zero-order chi connectivity index (χ0) is 25.3. The summed E-state index contributed by atoms with van der Waals surface area (Å²) in [6.45, 7) is 3.10. The van der Waals surface area contributed by atoms with Gasteiger partial charge in [-0.05, 0) is 60.9 Å². The van der Waals surface area contributed by atoms with E-state index in [1.165, 1.54) is 6.33 Å². The van der Waals surface area contributed by atoms with Gasteiger partial charge in [0.1, 0.15) is 17.0 Å². The van der Waals surface area contributed by atoms with Gasteiger partial charge < -0.3 is 10.2 Å². The second-order valence-electron chi connectivity index (χ2n) is 10.0. The Kier molecular flexibility index (Phi) is 6.63. The summed E-state index contributed by atoms with van der Waals surface area (Å²) in [6, 6.07) is 12.3. The molecule has 1 aliphatic carbocycles. The van der Waals surface area contributed by atoms with E-state index in [1.807, 2.05) is 18.0 Å². The molecule has 2 N–H and O–H groups in total. The highest BCUT2D eigenvalue weighted by Gasteiger charge is 2.35. The van der Waals surface area contributed by atoms with Crippen molar-refractivity contribution >= 4 is 33.1 Å². The molecule has 0 amide bonds. The largest absolute Gasteiger partial charge is 0.393 e. The lowest BCUT2D eigenvalue weighted by Crippen LogP contribution is -2.27. The number of nitrogens with one attached hydrogen (secondary N) is 2. The Balaban J connectivity index is 1.18. The number of benzene rings is 1. The van der Waals surface area contributed by atoms with Gasteiger partial charge in [-0.3, -0.25) is 5.10 Å². The maximum absolute atomic E-state index is 12.9. The topological polar surface area (TPSA) is 69.7 Å². The molecule has 1 aliphatic rings. The van der Waals surface area contributed by atoms with E-state index in [4.69, 9.17) is 0 Å². The van der Waals surface area contributed by atoms with Crippen LogP contribution in [0.4, 0.5) is 24.7 Å². The first kappa shape index (κ1) is 24.5. The van der Waals surface area contributed by atoms with Crippen LogP contribution in [0.1, 0.15) is 37.5 Å². The monoisotopic (exact) mass is 514 g/mol. The van der Waals surface area contributed by atoms with Gasteiger partial charge in [-0.1, -0.05) is 19.1 Å². The Morgan fingerprint density at radius 1 is 1.19 bits per heavy atom. The van der Waals surface area contributed by atoms with Crippen molar-refractivity contribution < 1.29 is 13.2 Å². The molecular weight excluding hydrogens is 485 g/mol. The van der Waals surface area contributed by atoms with Gasteiger partial charge in [-0.25, -0.2) is 9.97 Å². The van der Waals surface area contributed by atoms with E-state index in [9.17, 15) is 13.2 Å². The minimum Gasteiger partial charge on any atom is -0.382 e. The molecule has 3 aromatic heterocycles. The van der Waals surface area contributed by atoms with Crippen molar-refractivity contribution in [2.75, 3.05) is 23.8 Å². The van der Waals surface area contributed by atoms with Gasteiger partial charge in [-0.2, -0.15) is 18.3 Å². The predicted molar refractivity (Wildman–Crippen MR) is 138 cm³/mol. The van der Waals surface area contributed by atoms with Crippen LogP contribution >= 0.6 is 11.3 Å². The molecule has 0 bridgehead atoms. The normalized spacial score (nSPS) is 20.2. The fourth-order valence-corrected chi connectivity index (χ4v) is 6.12. The SMILES string of the molecule is CN(CC[C@@]1(C)CC[C@@H](Nc2ccc(-c3ccn[nH]3)cc2)C1)c1ncnc2sc(CC(F)(F)F)cc12. The third-order valence-electron chi connectivity index (χ3n) is 7.05. The summed E-state index contributed by atoms with van der Waals surface area (Å²) < 4.78 is 38.6. The van der Waals surface area contributed by atoms with Crippen LogP contribution in [0.3, 0.4) is 0 Å².